The zero-order valence-corrected chi connectivity index (χ0v) is 17.7. The number of urea groups is 1. The van der Waals surface area contributed by atoms with E-state index in [9.17, 15) is 4.79 Å². The Morgan fingerprint density at radius 2 is 1.60 bits per heavy atom. The Hall–Kier alpha value is -2.83. The fourth-order valence-electron chi connectivity index (χ4n) is 3.39. The van der Waals surface area contributed by atoms with E-state index in [1.54, 1.807) is 18.2 Å². The molecule has 0 radical (unpaired) electrons. The van der Waals surface area contributed by atoms with Crippen LogP contribution >= 0.6 is 23.2 Å². The number of piperidine rings is 1. The SMILES string of the molecule is O=C(Nc1cccc(-c2ccc(N3CCCCC3)nn2)c1)Nc1ccc(Cl)c(Cl)c1. The molecule has 8 heteroatoms. The molecule has 1 saturated heterocycles. The Balaban J connectivity index is 1.43. The first kappa shape index (κ1) is 20.4. The summed E-state index contributed by atoms with van der Waals surface area (Å²) in [5.74, 6) is 0.911. The Bertz CT molecular complexity index is 1040. The van der Waals surface area contributed by atoms with Gasteiger partial charge < -0.3 is 15.5 Å². The van der Waals surface area contributed by atoms with Crippen LogP contribution in [0.25, 0.3) is 11.3 Å². The van der Waals surface area contributed by atoms with Gasteiger partial charge in [-0.3, -0.25) is 0 Å². The van der Waals surface area contributed by atoms with Gasteiger partial charge in [0, 0.05) is 30.0 Å². The number of hydrogen-bond donors (Lipinski definition) is 2. The zero-order valence-electron chi connectivity index (χ0n) is 16.2. The van der Waals surface area contributed by atoms with Crippen LogP contribution in [-0.2, 0) is 0 Å². The molecule has 2 N–H and O–H groups in total. The minimum atomic E-state index is -0.378. The van der Waals surface area contributed by atoms with Crippen molar-refractivity contribution in [3.05, 3.63) is 64.6 Å². The number of amides is 2. The van der Waals surface area contributed by atoms with E-state index < -0.39 is 0 Å². The molecule has 4 rings (SSSR count). The average Bonchev–Trinajstić information content (AvgIpc) is 2.77. The smallest absolute Gasteiger partial charge is 0.323 e. The molecule has 2 aromatic carbocycles. The van der Waals surface area contributed by atoms with E-state index in [0.29, 0.717) is 21.4 Å². The lowest BCUT2D eigenvalue weighted by Crippen LogP contribution is -2.30. The number of halogens is 2. The van der Waals surface area contributed by atoms with E-state index in [2.05, 4.69) is 25.7 Å². The first-order chi connectivity index (χ1) is 14.6. The van der Waals surface area contributed by atoms with Crippen LogP contribution in [0.5, 0.6) is 0 Å². The lowest BCUT2D eigenvalue weighted by atomic mass is 10.1. The molecule has 2 heterocycles. The summed E-state index contributed by atoms with van der Waals surface area (Å²) in [4.78, 5) is 14.6. The second-order valence-corrected chi connectivity index (χ2v) is 7.93. The number of aromatic nitrogens is 2. The molecule has 0 aliphatic carbocycles. The van der Waals surface area contributed by atoms with Gasteiger partial charge in [0.1, 0.15) is 0 Å². The maximum absolute atomic E-state index is 12.3. The summed E-state index contributed by atoms with van der Waals surface area (Å²) in [6.45, 7) is 2.06. The summed E-state index contributed by atoms with van der Waals surface area (Å²) in [6.07, 6.45) is 3.67. The number of anilines is 3. The number of rotatable bonds is 4. The molecule has 1 aliphatic rings. The molecule has 2 amide bonds. The van der Waals surface area contributed by atoms with Crippen LogP contribution in [-0.4, -0.2) is 29.3 Å². The van der Waals surface area contributed by atoms with Gasteiger partial charge in [-0.2, -0.15) is 0 Å². The molecule has 1 aromatic heterocycles. The van der Waals surface area contributed by atoms with Gasteiger partial charge in [-0.15, -0.1) is 10.2 Å². The van der Waals surface area contributed by atoms with Crippen LogP contribution in [0.4, 0.5) is 22.0 Å². The minimum absolute atomic E-state index is 0.378. The van der Waals surface area contributed by atoms with Gasteiger partial charge in [-0.25, -0.2) is 4.79 Å². The Morgan fingerprint density at radius 1 is 0.833 bits per heavy atom. The number of nitrogens with one attached hydrogen (secondary N) is 2. The van der Waals surface area contributed by atoms with E-state index in [-0.39, 0.29) is 6.03 Å². The van der Waals surface area contributed by atoms with Crippen LogP contribution in [0.3, 0.4) is 0 Å². The Kier molecular flexibility index (Phi) is 6.35. The maximum Gasteiger partial charge on any atom is 0.323 e. The van der Waals surface area contributed by atoms with E-state index in [1.165, 1.54) is 19.3 Å². The molecular weight excluding hydrogens is 421 g/mol. The second-order valence-electron chi connectivity index (χ2n) is 7.11. The van der Waals surface area contributed by atoms with Gasteiger partial charge in [-0.1, -0.05) is 35.3 Å². The third-order valence-electron chi connectivity index (χ3n) is 4.92. The van der Waals surface area contributed by atoms with E-state index >= 15 is 0 Å². The highest BCUT2D eigenvalue weighted by atomic mass is 35.5. The second kappa shape index (κ2) is 9.32. The monoisotopic (exact) mass is 441 g/mol. The molecule has 0 atom stereocenters. The van der Waals surface area contributed by atoms with Gasteiger partial charge >= 0.3 is 6.03 Å². The number of carbonyl (C=O) groups excluding carboxylic acids is 1. The molecule has 0 unspecified atom stereocenters. The van der Waals surface area contributed by atoms with E-state index in [1.807, 2.05) is 36.4 Å². The van der Waals surface area contributed by atoms with Crippen molar-refractivity contribution in [2.24, 2.45) is 0 Å². The molecule has 3 aromatic rings. The number of carbonyl (C=O) groups is 1. The molecule has 1 fully saturated rings. The summed E-state index contributed by atoms with van der Waals surface area (Å²) >= 11 is 11.9. The highest BCUT2D eigenvalue weighted by molar-refractivity contribution is 6.42. The number of hydrogen-bond acceptors (Lipinski definition) is 4. The van der Waals surface area contributed by atoms with Crippen molar-refractivity contribution in [1.82, 2.24) is 10.2 Å². The molecular formula is C22H21Cl2N5O. The summed E-state index contributed by atoms with van der Waals surface area (Å²) in [5.41, 5.74) is 2.83. The summed E-state index contributed by atoms with van der Waals surface area (Å²) < 4.78 is 0. The van der Waals surface area contributed by atoms with Crippen molar-refractivity contribution in [3.8, 4) is 11.3 Å². The molecule has 6 nitrogen and oxygen atoms in total. The third-order valence-corrected chi connectivity index (χ3v) is 5.66. The number of benzene rings is 2. The predicted octanol–water partition coefficient (Wildman–Crippen LogP) is 6.08. The minimum Gasteiger partial charge on any atom is -0.355 e. The zero-order chi connectivity index (χ0) is 20.9. The summed E-state index contributed by atoms with van der Waals surface area (Å²) in [7, 11) is 0. The van der Waals surface area contributed by atoms with Crippen molar-refractivity contribution in [2.75, 3.05) is 28.6 Å². The van der Waals surface area contributed by atoms with Gasteiger partial charge in [0.15, 0.2) is 5.82 Å². The van der Waals surface area contributed by atoms with Gasteiger partial charge in [-0.05, 0) is 61.7 Å². The quantitative estimate of drug-likeness (QED) is 0.514. The average molecular weight is 442 g/mol. The fraction of sp³-hybridized carbons (Fsp3) is 0.227. The van der Waals surface area contributed by atoms with Crippen molar-refractivity contribution >= 4 is 46.4 Å². The molecule has 0 bridgehead atoms. The third kappa shape index (κ3) is 5.01. The van der Waals surface area contributed by atoms with Crippen LogP contribution in [0.15, 0.2) is 54.6 Å². The molecule has 0 spiro atoms. The Morgan fingerprint density at radius 3 is 2.30 bits per heavy atom. The largest absolute Gasteiger partial charge is 0.355 e. The molecule has 1 aliphatic heterocycles. The van der Waals surface area contributed by atoms with Crippen molar-refractivity contribution in [2.45, 2.75) is 19.3 Å². The lowest BCUT2D eigenvalue weighted by molar-refractivity contribution is 0.262. The standard InChI is InChI=1S/C22H21Cl2N5O/c23-18-8-7-17(14-19(18)24)26-22(30)25-16-6-4-5-15(13-16)20-9-10-21(28-27-20)29-11-2-1-3-12-29/h4-10,13-14H,1-3,11-12H2,(H2,25,26,30). The topological polar surface area (TPSA) is 70.2 Å². The van der Waals surface area contributed by atoms with Crippen LogP contribution < -0.4 is 15.5 Å². The van der Waals surface area contributed by atoms with Crippen LogP contribution in [0, 0.1) is 0 Å². The fourth-order valence-corrected chi connectivity index (χ4v) is 3.69. The first-order valence-electron chi connectivity index (χ1n) is 9.81. The molecule has 30 heavy (non-hydrogen) atoms. The predicted molar refractivity (Wildman–Crippen MR) is 123 cm³/mol. The first-order valence-corrected chi connectivity index (χ1v) is 10.6. The molecule has 154 valence electrons. The summed E-state index contributed by atoms with van der Waals surface area (Å²) in [5, 5.41) is 15.1. The number of nitrogens with zero attached hydrogens (tertiary/aromatic N) is 3. The van der Waals surface area contributed by atoms with E-state index in [4.69, 9.17) is 23.2 Å². The van der Waals surface area contributed by atoms with Crippen LogP contribution in [0.2, 0.25) is 10.0 Å². The van der Waals surface area contributed by atoms with Gasteiger partial charge in [0.25, 0.3) is 0 Å². The van der Waals surface area contributed by atoms with Gasteiger partial charge in [0.05, 0.1) is 15.7 Å². The highest BCUT2D eigenvalue weighted by Gasteiger charge is 2.13. The van der Waals surface area contributed by atoms with Crippen molar-refractivity contribution in [1.29, 1.82) is 0 Å². The maximum atomic E-state index is 12.3. The molecule has 0 saturated carbocycles. The van der Waals surface area contributed by atoms with Crippen molar-refractivity contribution in [3.63, 3.8) is 0 Å². The Labute approximate surface area is 185 Å². The normalized spacial score (nSPS) is 13.7. The van der Waals surface area contributed by atoms with E-state index in [0.717, 1.165) is 30.2 Å². The van der Waals surface area contributed by atoms with Crippen molar-refractivity contribution < 1.29 is 4.79 Å². The van der Waals surface area contributed by atoms with Crippen LogP contribution in [0.1, 0.15) is 19.3 Å². The highest BCUT2D eigenvalue weighted by Crippen LogP contribution is 2.26. The van der Waals surface area contributed by atoms with Gasteiger partial charge in [0.2, 0.25) is 0 Å². The lowest BCUT2D eigenvalue weighted by Gasteiger charge is -2.27. The summed E-state index contributed by atoms with van der Waals surface area (Å²) in [6, 6.07) is 16.0.